The molecule has 0 aliphatic heterocycles. The Morgan fingerprint density at radius 2 is 1.94 bits per heavy atom. The summed E-state index contributed by atoms with van der Waals surface area (Å²) in [6.45, 7) is 5.56. The summed E-state index contributed by atoms with van der Waals surface area (Å²) in [4.78, 5) is 11.2. The first-order valence-electron chi connectivity index (χ1n) is 5.05. The van der Waals surface area contributed by atoms with Gasteiger partial charge in [0.1, 0.15) is 10.8 Å². The van der Waals surface area contributed by atoms with Crippen LogP contribution in [0.1, 0.15) is 20.8 Å². The van der Waals surface area contributed by atoms with E-state index in [2.05, 4.69) is 5.32 Å². The standard InChI is InChI=1S/C9H19ClN2O4S/c1-9(2,3)16-8(13)11-5-6-12(4)17(14,15)7-10/h5-7H2,1-4H3,(H,11,13). The number of halogens is 1. The molecule has 0 aromatic heterocycles. The Kier molecular flexibility index (Phi) is 6.22. The maximum absolute atomic E-state index is 11.3. The molecule has 0 spiro atoms. The van der Waals surface area contributed by atoms with Crippen LogP contribution in [0.25, 0.3) is 0 Å². The molecule has 102 valence electrons. The molecule has 0 unspecified atom stereocenters. The maximum atomic E-state index is 11.3. The number of likely N-dealkylation sites (N-methyl/N-ethyl adjacent to an activating group) is 1. The largest absolute Gasteiger partial charge is 0.444 e. The zero-order valence-corrected chi connectivity index (χ0v) is 12.1. The molecule has 0 fully saturated rings. The number of nitrogens with zero attached hydrogens (tertiary/aromatic N) is 1. The van der Waals surface area contributed by atoms with Crippen LogP contribution in [0, 0.1) is 0 Å². The van der Waals surface area contributed by atoms with Crippen molar-refractivity contribution >= 4 is 27.7 Å². The number of rotatable bonds is 5. The molecule has 0 atom stereocenters. The fourth-order valence-corrected chi connectivity index (χ4v) is 1.89. The van der Waals surface area contributed by atoms with Gasteiger partial charge >= 0.3 is 6.09 Å². The van der Waals surface area contributed by atoms with Gasteiger partial charge in [-0.05, 0) is 20.8 Å². The summed E-state index contributed by atoms with van der Waals surface area (Å²) >= 11 is 5.27. The van der Waals surface area contributed by atoms with Crippen LogP contribution in [0.3, 0.4) is 0 Å². The van der Waals surface area contributed by atoms with Crippen LogP contribution in [0.2, 0.25) is 0 Å². The van der Waals surface area contributed by atoms with Gasteiger partial charge < -0.3 is 10.1 Å². The average molecular weight is 287 g/mol. The van der Waals surface area contributed by atoms with Gasteiger partial charge in [-0.2, -0.15) is 0 Å². The lowest BCUT2D eigenvalue weighted by atomic mass is 10.2. The summed E-state index contributed by atoms with van der Waals surface area (Å²) in [7, 11) is -2.03. The number of alkyl carbamates (subject to hydrolysis) is 1. The summed E-state index contributed by atoms with van der Waals surface area (Å²) in [5.74, 6) is 0. The molecule has 1 amide bonds. The first kappa shape index (κ1) is 16.5. The quantitative estimate of drug-likeness (QED) is 0.764. The van der Waals surface area contributed by atoms with Crippen molar-refractivity contribution in [3.05, 3.63) is 0 Å². The van der Waals surface area contributed by atoms with Gasteiger partial charge in [-0.3, -0.25) is 0 Å². The fraction of sp³-hybridized carbons (Fsp3) is 0.889. The predicted octanol–water partition coefficient (Wildman–Crippen LogP) is 0.969. The van der Waals surface area contributed by atoms with Gasteiger partial charge in [0.15, 0.2) is 0 Å². The number of carbonyl (C=O) groups excluding carboxylic acids is 1. The van der Waals surface area contributed by atoms with Crippen molar-refractivity contribution < 1.29 is 17.9 Å². The van der Waals surface area contributed by atoms with Gasteiger partial charge in [-0.15, -0.1) is 11.6 Å². The van der Waals surface area contributed by atoms with E-state index in [0.29, 0.717) is 0 Å². The topological polar surface area (TPSA) is 75.7 Å². The number of carbonyl (C=O) groups is 1. The third-order valence-corrected chi connectivity index (χ3v) is 3.94. The van der Waals surface area contributed by atoms with Crippen molar-refractivity contribution in [3.63, 3.8) is 0 Å². The highest BCUT2D eigenvalue weighted by molar-refractivity contribution is 7.90. The molecule has 1 N–H and O–H groups in total. The molecular formula is C9H19ClN2O4S. The molecule has 0 aromatic carbocycles. The zero-order valence-electron chi connectivity index (χ0n) is 10.5. The van der Waals surface area contributed by atoms with E-state index in [4.69, 9.17) is 16.3 Å². The number of hydrogen-bond donors (Lipinski definition) is 1. The first-order valence-corrected chi connectivity index (χ1v) is 7.19. The summed E-state index contributed by atoms with van der Waals surface area (Å²) in [5, 5.41) is 1.98. The number of alkyl halides is 1. The molecule has 6 nitrogen and oxygen atoms in total. The van der Waals surface area contributed by atoms with Gasteiger partial charge in [-0.25, -0.2) is 17.5 Å². The Balaban J connectivity index is 3.97. The van der Waals surface area contributed by atoms with Crippen molar-refractivity contribution in [1.29, 1.82) is 0 Å². The molecule has 0 radical (unpaired) electrons. The molecule has 0 saturated carbocycles. The average Bonchev–Trinajstić information content (AvgIpc) is 2.14. The second-order valence-electron chi connectivity index (χ2n) is 4.47. The number of nitrogens with one attached hydrogen (secondary N) is 1. The molecule has 17 heavy (non-hydrogen) atoms. The second-order valence-corrected chi connectivity index (χ2v) is 7.13. The van der Waals surface area contributed by atoms with E-state index >= 15 is 0 Å². The molecule has 0 aromatic rings. The molecule has 0 aliphatic carbocycles. The van der Waals surface area contributed by atoms with Gasteiger partial charge in [0.25, 0.3) is 0 Å². The van der Waals surface area contributed by atoms with E-state index < -0.39 is 26.9 Å². The molecule has 8 heteroatoms. The smallest absolute Gasteiger partial charge is 0.407 e. The minimum atomic E-state index is -3.42. The van der Waals surface area contributed by atoms with Crippen LogP contribution >= 0.6 is 11.6 Å². The molecule has 0 saturated heterocycles. The first-order chi connectivity index (χ1) is 7.58. The normalized spacial score (nSPS) is 12.6. The van der Waals surface area contributed by atoms with Crippen LogP contribution in [0.5, 0.6) is 0 Å². The van der Waals surface area contributed by atoms with E-state index in [1.807, 2.05) is 0 Å². The number of amides is 1. The summed E-state index contributed by atoms with van der Waals surface area (Å²) in [5.41, 5.74) is -0.571. The molecular weight excluding hydrogens is 268 g/mol. The van der Waals surface area contributed by atoms with E-state index in [0.717, 1.165) is 4.31 Å². The Hall–Kier alpha value is -0.530. The van der Waals surface area contributed by atoms with Crippen LogP contribution in [-0.4, -0.2) is 49.8 Å². The minimum Gasteiger partial charge on any atom is -0.444 e. The number of hydrogen-bond acceptors (Lipinski definition) is 4. The van der Waals surface area contributed by atoms with Gasteiger partial charge in [0, 0.05) is 20.1 Å². The summed E-state index contributed by atoms with van der Waals surface area (Å²) in [6.07, 6.45) is -0.575. The number of ether oxygens (including phenoxy) is 1. The van der Waals surface area contributed by atoms with Gasteiger partial charge in [-0.1, -0.05) is 0 Å². The monoisotopic (exact) mass is 286 g/mol. The lowest BCUT2D eigenvalue weighted by molar-refractivity contribution is 0.0526. The maximum Gasteiger partial charge on any atom is 0.407 e. The molecule has 0 rings (SSSR count). The Morgan fingerprint density at radius 1 is 1.41 bits per heavy atom. The van der Waals surface area contributed by atoms with Crippen LogP contribution in [0.15, 0.2) is 0 Å². The second kappa shape index (κ2) is 6.42. The van der Waals surface area contributed by atoms with E-state index in [1.165, 1.54) is 7.05 Å². The van der Waals surface area contributed by atoms with E-state index in [-0.39, 0.29) is 13.1 Å². The highest BCUT2D eigenvalue weighted by atomic mass is 35.5. The third-order valence-electron chi connectivity index (χ3n) is 1.71. The van der Waals surface area contributed by atoms with Crippen molar-refractivity contribution in [2.75, 3.05) is 25.3 Å². The van der Waals surface area contributed by atoms with Crippen molar-refractivity contribution in [1.82, 2.24) is 9.62 Å². The van der Waals surface area contributed by atoms with E-state index in [1.54, 1.807) is 20.8 Å². The van der Waals surface area contributed by atoms with E-state index in [9.17, 15) is 13.2 Å². The predicted molar refractivity (Wildman–Crippen MR) is 66.5 cm³/mol. The summed E-state index contributed by atoms with van der Waals surface area (Å²) < 4.78 is 28.6. The lowest BCUT2D eigenvalue weighted by Crippen LogP contribution is -2.38. The Bertz CT molecular complexity index is 350. The van der Waals surface area contributed by atoms with Crippen LogP contribution in [0.4, 0.5) is 4.79 Å². The summed E-state index contributed by atoms with van der Waals surface area (Å²) in [6, 6.07) is 0. The highest BCUT2D eigenvalue weighted by Gasteiger charge is 2.18. The molecule has 0 bridgehead atoms. The zero-order chi connectivity index (χ0) is 13.7. The molecule has 0 aliphatic rings. The van der Waals surface area contributed by atoms with Gasteiger partial charge in [0.05, 0.1) is 0 Å². The third kappa shape index (κ3) is 7.40. The fourth-order valence-electron chi connectivity index (χ4n) is 0.852. The molecule has 0 heterocycles. The lowest BCUT2D eigenvalue weighted by Gasteiger charge is -2.20. The van der Waals surface area contributed by atoms with Crippen molar-refractivity contribution in [3.8, 4) is 0 Å². The number of sulfonamides is 1. The Morgan fingerprint density at radius 3 is 2.35 bits per heavy atom. The van der Waals surface area contributed by atoms with Crippen molar-refractivity contribution in [2.24, 2.45) is 0 Å². The highest BCUT2D eigenvalue weighted by Crippen LogP contribution is 2.06. The SMILES string of the molecule is CN(CCNC(=O)OC(C)(C)C)S(=O)(=O)CCl. The van der Waals surface area contributed by atoms with Crippen molar-refractivity contribution in [2.45, 2.75) is 26.4 Å². The Labute approximate surface area is 107 Å². The van der Waals surface area contributed by atoms with Gasteiger partial charge in [0.2, 0.25) is 10.0 Å². The minimum absolute atomic E-state index is 0.147. The van der Waals surface area contributed by atoms with Crippen LogP contribution in [-0.2, 0) is 14.8 Å². The van der Waals surface area contributed by atoms with Crippen LogP contribution < -0.4 is 5.32 Å².